The minimum absolute atomic E-state index is 0. The second-order valence-electron chi connectivity index (χ2n) is 5.78. The Labute approximate surface area is 179 Å². The molecule has 25 heavy (non-hydrogen) atoms. The van der Waals surface area contributed by atoms with Crippen molar-refractivity contribution in [2.24, 2.45) is 0 Å². The molecule has 0 bridgehead atoms. The van der Waals surface area contributed by atoms with Gasteiger partial charge in [-0.15, -0.1) is 40.6 Å². The molecule has 0 saturated carbocycles. The van der Waals surface area contributed by atoms with E-state index in [2.05, 4.69) is 68.5 Å². The van der Waals surface area contributed by atoms with Crippen LogP contribution in [0.2, 0.25) is 13.1 Å². The van der Waals surface area contributed by atoms with Crippen LogP contribution in [0.1, 0.15) is 17.5 Å². The maximum atomic E-state index is 8.47. The SMILES string of the molecule is C[Si](C)=[Zr+2].Cc1cc2ccccc2[cH-]1.OCCCc1ccc[cH-]1.[Cl-].[Cl-]. The van der Waals surface area contributed by atoms with Gasteiger partial charge in [-0.3, -0.25) is 0 Å². The molecule has 0 amide bonds. The van der Waals surface area contributed by atoms with Gasteiger partial charge in [0.2, 0.25) is 0 Å². The molecule has 1 nitrogen and oxygen atoms in total. The van der Waals surface area contributed by atoms with Crippen LogP contribution in [0.5, 0.6) is 0 Å². The summed E-state index contributed by atoms with van der Waals surface area (Å²) in [6, 6.07) is 21.0. The summed E-state index contributed by atoms with van der Waals surface area (Å²) in [7, 11) is 0. The van der Waals surface area contributed by atoms with Gasteiger partial charge in [0.05, 0.1) is 0 Å². The van der Waals surface area contributed by atoms with Crippen molar-refractivity contribution in [3.05, 3.63) is 71.8 Å². The molecule has 0 radical (unpaired) electrons. The van der Waals surface area contributed by atoms with Crippen molar-refractivity contribution in [3.63, 3.8) is 0 Å². The van der Waals surface area contributed by atoms with E-state index in [1.54, 1.807) is 23.3 Å². The van der Waals surface area contributed by atoms with E-state index in [0.717, 1.165) is 12.8 Å². The Hall–Kier alpha value is -0.180. The molecule has 0 aliphatic heterocycles. The van der Waals surface area contributed by atoms with Crippen molar-refractivity contribution in [1.29, 1.82) is 0 Å². The van der Waals surface area contributed by atoms with Crippen LogP contribution in [-0.4, -0.2) is 17.1 Å². The maximum absolute atomic E-state index is 8.47. The van der Waals surface area contributed by atoms with Gasteiger partial charge in [0.15, 0.2) is 0 Å². The summed E-state index contributed by atoms with van der Waals surface area (Å²) < 4.78 is 0. The first-order valence-corrected chi connectivity index (χ1v) is 14.2. The minimum atomic E-state index is 0. The number of fused-ring (bicyclic) bond motifs is 1. The van der Waals surface area contributed by atoms with E-state index in [9.17, 15) is 0 Å². The fraction of sp³-hybridized carbons (Fsp3) is 0.300. The van der Waals surface area contributed by atoms with Crippen LogP contribution in [0.15, 0.2) is 60.7 Å². The van der Waals surface area contributed by atoms with E-state index in [4.69, 9.17) is 5.11 Å². The van der Waals surface area contributed by atoms with Gasteiger partial charge in [-0.05, 0) is 12.8 Å². The van der Waals surface area contributed by atoms with E-state index in [1.807, 2.05) is 12.1 Å². The average Bonchev–Trinajstić information content (AvgIpc) is 3.13. The van der Waals surface area contributed by atoms with Gasteiger partial charge in [0.1, 0.15) is 0 Å². The smallest absolute Gasteiger partial charge is 0.0433 e. The van der Waals surface area contributed by atoms with Crippen LogP contribution in [0.3, 0.4) is 0 Å². The van der Waals surface area contributed by atoms with E-state index >= 15 is 0 Å². The fourth-order valence-electron chi connectivity index (χ4n) is 2.17. The third-order valence-electron chi connectivity index (χ3n) is 3.12. The topological polar surface area (TPSA) is 20.2 Å². The molecule has 3 rings (SSSR count). The molecule has 0 atom stereocenters. The van der Waals surface area contributed by atoms with Crippen LogP contribution in [0, 0.1) is 6.92 Å². The van der Waals surface area contributed by atoms with Gasteiger partial charge in [0.25, 0.3) is 0 Å². The quantitative estimate of drug-likeness (QED) is 0.383. The number of halogens is 2. The van der Waals surface area contributed by atoms with Crippen molar-refractivity contribution >= 4 is 16.2 Å². The predicted molar refractivity (Wildman–Crippen MR) is 99.2 cm³/mol. The average molecular weight is 473 g/mol. The summed E-state index contributed by atoms with van der Waals surface area (Å²) >= 11 is 1.74. The van der Waals surface area contributed by atoms with Crippen LogP contribution in [0.4, 0.5) is 0 Å². The molecule has 0 aromatic heterocycles. The number of aliphatic hydroxyl groups excluding tert-OH is 1. The molecule has 0 unspecified atom stereocenters. The van der Waals surface area contributed by atoms with Crippen molar-refractivity contribution in [2.75, 3.05) is 6.61 Å². The van der Waals surface area contributed by atoms with E-state index in [1.165, 1.54) is 21.9 Å². The van der Waals surface area contributed by atoms with Crippen molar-refractivity contribution in [2.45, 2.75) is 32.9 Å². The standard InChI is InChI=1S/C10H9.C8H11O.C2H6Si.2ClH.Zr/c1-8-6-9-4-2-3-5-10(9)7-8;9-7-3-6-8-4-1-2-5-8;1-3-2;;;/h2-7H,1H3;1-2,4-5,9H,3,6-7H2;1-2H3;2*1H;/q2*-1;;;;+2/p-2. The van der Waals surface area contributed by atoms with E-state index < -0.39 is 0 Å². The Morgan fingerprint density at radius 3 is 2.24 bits per heavy atom. The van der Waals surface area contributed by atoms with E-state index in [0.29, 0.717) is 6.61 Å². The van der Waals surface area contributed by atoms with Gasteiger partial charge in [-0.1, -0.05) is 13.0 Å². The van der Waals surface area contributed by atoms with Crippen LogP contribution in [-0.2, 0) is 29.8 Å². The van der Waals surface area contributed by atoms with Gasteiger partial charge < -0.3 is 29.9 Å². The normalized spacial score (nSPS) is 8.88. The van der Waals surface area contributed by atoms with Gasteiger partial charge in [-0.2, -0.15) is 23.8 Å². The fourth-order valence-corrected chi connectivity index (χ4v) is 2.17. The number of aliphatic hydroxyl groups is 1. The maximum Gasteiger partial charge on any atom is 0.0433 e. The minimum Gasteiger partial charge on any atom is -1.00 e. The first-order valence-electron chi connectivity index (χ1n) is 7.98. The molecule has 0 fully saturated rings. The Balaban J connectivity index is 0. The monoisotopic (exact) mass is 470 g/mol. The van der Waals surface area contributed by atoms with Gasteiger partial charge in [0, 0.05) is 6.61 Å². The zero-order valence-corrected chi connectivity index (χ0v) is 20.1. The molecular weight excluding hydrogens is 446 g/mol. The van der Waals surface area contributed by atoms with Crippen molar-refractivity contribution < 1.29 is 53.3 Å². The number of benzene rings is 1. The summed E-state index contributed by atoms with van der Waals surface area (Å²) in [4.78, 5) is 0. The first kappa shape index (κ1) is 27.0. The first-order chi connectivity index (χ1) is 11.0. The van der Waals surface area contributed by atoms with Gasteiger partial charge in [-0.25, -0.2) is 12.1 Å². The molecule has 3 aromatic rings. The molecule has 0 saturated heterocycles. The number of hydrogen-bond donors (Lipinski definition) is 1. The molecule has 0 heterocycles. The Bertz CT molecular complexity index is 656. The van der Waals surface area contributed by atoms with Crippen molar-refractivity contribution in [3.8, 4) is 0 Å². The summed E-state index contributed by atoms with van der Waals surface area (Å²) in [6.07, 6.45) is 1.88. The second-order valence-corrected chi connectivity index (χ2v) is 15.2. The third kappa shape index (κ3) is 12.8. The summed E-state index contributed by atoms with van der Waals surface area (Å²) in [5.74, 6) is 0. The van der Waals surface area contributed by atoms with E-state index in [-0.39, 0.29) is 30.2 Å². The zero-order valence-electron chi connectivity index (χ0n) is 15.1. The molecule has 0 aliphatic carbocycles. The molecular formula is C20H26Cl2OSiZr-2. The molecule has 1 N–H and O–H groups in total. The van der Waals surface area contributed by atoms with Crippen LogP contribution >= 0.6 is 0 Å². The van der Waals surface area contributed by atoms with Gasteiger partial charge >= 0.3 is 41.9 Å². The third-order valence-corrected chi connectivity index (χ3v) is 3.12. The number of aryl methyl sites for hydroxylation is 2. The summed E-state index contributed by atoms with van der Waals surface area (Å²) in [6.45, 7) is 7.04. The summed E-state index contributed by atoms with van der Waals surface area (Å²) in [5.41, 5.74) is 2.88. The molecule has 0 aliphatic rings. The Kier molecular flexibility index (Phi) is 17.3. The number of hydrogen-bond acceptors (Lipinski definition) is 1. The van der Waals surface area contributed by atoms with Crippen LogP contribution in [0.25, 0.3) is 10.8 Å². The predicted octanol–water partition coefficient (Wildman–Crippen LogP) is -1.01. The number of rotatable bonds is 3. The molecule has 0 spiro atoms. The molecule has 3 aromatic carbocycles. The molecule has 5 heteroatoms. The second kappa shape index (κ2) is 16.0. The van der Waals surface area contributed by atoms with Crippen molar-refractivity contribution in [1.82, 2.24) is 0 Å². The zero-order chi connectivity index (χ0) is 17.1. The Morgan fingerprint density at radius 2 is 1.72 bits per heavy atom. The Morgan fingerprint density at radius 1 is 1.08 bits per heavy atom. The molecule has 136 valence electrons. The summed E-state index contributed by atoms with van der Waals surface area (Å²) in [5, 5.41) is 11.2. The largest absolute Gasteiger partial charge is 1.00 e. The van der Waals surface area contributed by atoms with Crippen LogP contribution < -0.4 is 24.8 Å².